The molecular formula is C14H11F2N3O3. The van der Waals surface area contributed by atoms with Crippen LogP contribution in [0.25, 0.3) is 0 Å². The molecule has 114 valence electrons. The van der Waals surface area contributed by atoms with Gasteiger partial charge in [-0.3, -0.25) is 15.5 Å². The molecule has 0 saturated heterocycles. The SMILES string of the molecule is O=[N+]([O-])c1cccc(NN=Cc2ccc(OC(F)F)cc2)c1. The van der Waals surface area contributed by atoms with E-state index < -0.39 is 11.5 Å². The number of non-ortho nitro benzene ring substituents is 1. The van der Waals surface area contributed by atoms with Gasteiger partial charge in [0.25, 0.3) is 5.69 Å². The first kappa shape index (κ1) is 15.4. The molecular weight excluding hydrogens is 296 g/mol. The zero-order valence-electron chi connectivity index (χ0n) is 11.1. The molecule has 0 spiro atoms. The second-order valence-corrected chi connectivity index (χ2v) is 4.12. The lowest BCUT2D eigenvalue weighted by Gasteiger charge is -2.03. The Morgan fingerprint density at radius 1 is 1.23 bits per heavy atom. The molecule has 6 nitrogen and oxygen atoms in total. The third-order valence-corrected chi connectivity index (χ3v) is 2.57. The summed E-state index contributed by atoms with van der Waals surface area (Å²) in [5.74, 6) is 0.0544. The third-order valence-electron chi connectivity index (χ3n) is 2.57. The number of nitro benzene ring substituents is 1. The minimum absolute atomic E-state index is 0.0475. The maximum Gasteiger partial charge on any atom is 0.387 e. The fraction of sp³-hybridized carbons (Fsp3) is 0.0714. The average Bonchev–Trinajstić information content (AvgIpc) is 2.49. The summed E-state index contributed by atoms with van der Waals surface area (Å²) in [5, 5.41) is 14.5. The second-order valence-electron chi connectivity index (χ2n) is 4.12. The van der Waals surface area contributed by atoms with Crippen molar-refractivity contribution in [2.75, 3.05) is 5.43 Å². The molecule has 0 heterocycles. The Hall–Kier alpha value is -3.03. The number of benzene rings is 2. The topological polar surface area (TPSA) is 76.8 Å². The van der Waals surface area contributed by atoms with Crippen LogP contribution in [0.2, 0.25) is 0 Å². The van der Waals surface area contributed by atoms with Crippen LogP contribution in [-0.4, -0.2) is 17.7 Å². The minimum Gasteiger partial charge on any atom is -0.435 e. The first-order valence-electron chi connectivity index (χ1n) is 6.13. The molecule has 0 amide bonds. The molecule has 8 heteroatoms. The molecule has 2 rings (SSSR count). The number of nitrogens with zero attached hydrogens (tertiary/aromatic N) is 2. The summed E-state index contributed by atoms with van der Waals surface area (Å²) in [7, 11) is 0. The molecule has 0 radical (unpaired) electrons. The van der Waals surface area contributed by atoms with E-state index in [4.69, 9.17) is 0 Å². The third kappa shape index (κ3) is 4.51. The number of alkyl halides is 2. The lowest BCUT2D eigenvalue weighted by atomic mass is 10.2. The van der Waals surface area contributed by atoms with Crippen LogP contribution in [0, 0.1) is 10.1 Å². The van der Waals surface area contributed by atoms with E-state index in [-0.39, 0.29) is 11.4 Å². The fourth-order valence-corrected chi connectivity index (χ4v) is 1.61. The maximum absolute atomic E-state index is 12.0. The normalized spacial score (nSPS) is 10.9. The van der Waals surface area contributed by atoms with Gasteiger partial charge >= 0.3 is 6.61 Å². The van der Waals surface area contributed by atoms with Crippen molar-refractivity contribution in [3.05, 3.63) is 64.2 Å². The van der Waals surface area contributed by atoms with E-state index in [1.54, 1.807) is 18.2 Å². The van der Waals surface area contributed by atoms with Crippen molar-refractivity contribution in [3.8, 4) is 5.75 Å². The summed E-state index contributed by atoms with van der Waals surface area (Å²) in [6.45, 7) is -2.87. The summed E-state index contributed by atoms with van der Waals surface area (Å²) >= 11 is 0. The van der Waals surface area contributed by atoms with Gasteiger partial charge in [0.2, 0.25) is 0 Å². The van der Waals surface area contributed by atoms with Crippen LogP contribution >= 0.6 is 0 Å². The van der Waals surface area contributed by atoms with Gasteiger partial charge < -0.3 is 4.74 Å². The minimum atomic E-state index is -2.87. The van der Waals surface area contributed by atoms with Gasteiger partial charge in [0.1, 0.15) is 5.75 Å². The molecule has 22 heavy (non-hydrogen) atoms. The van der Waals surface area contributed by atoms with E-state index in [0.717, 1.165) is 0 Å². The molecule has 0 unspecified atom stereocenters. The number of anilines is 1. The highest BCUT2D eigenvalue weighted by atomic mass is 19.3. The number of hydrogen-bond donors (Lipinski definition) is 1. The average molecular weight is 307 g/mol. The molecule has 0 aliphatic carbocycles. The number of nitro groups is 1. The monoisotopic (exact) mass is 307 g/mol. The quantitative estimate of drug-likeness (QED) is 0.502. The van der Waals surface area contributed by atoms with E-state index in [0.29, 0.717) is 11.3 Å². The van der Waals surface area contributed by atoms with Crippen molar-refractivity contribution < 1.29 is 18.4 Å². The van der Waals surface area contributed by atoms with Crippen LogP contribution in [0.15, 0.2) is 53.6 Å². The maximum atomic E-state index is 12.0. The smallest absolute Gasteiger partial charge is 0.387 e. The molecule has 2 aromatic rings. The Labute approximate surface area is 124 Å². The van der Waals surface area contributed by atoms with Crippen LogP contribution in [0.5, 0.6) is 5.75 Å². The van der Waals surface area contributed by atoms with Gasteiger partial charge in [0.15, 0.2) is 0 Å². The summed E-state index contributed by atoms with van der Waals surface area (Å²) in [4.78, 5) is 10.1. The van der Waals surface area contributed by atoms with Crippen molar-refractivity contribution in [1.29, 1.82) is 0 Å². The number of nitrogens with one attached hydrogen (secondary N) is 1. The Morgan fingerprint density at radius 2 is 1.95 bits per heavy atom. The van der Waals surface area contributed by atoms with E-state index >= 15 is 0 Å². The van der Waals surface area contributed by atoms with E-state index in [2.05, 4.69) is 15.3 Å². The van der Waals surface area contributed by atoms with Crippen LogP contribution in [0.3, 0.4) is 0 Å². The number of halogens is 2. The molecule has 0 fully saturated rings. The molecule has 0 aromatic heterocycles. The molecule has 0 bridgehead atoms. The Balaban J connectivity index is 1.97. The first-order valence-corrected chi connectivity index (χ1v) is 6.13. The van der Waals surface area contributed by atoms with E-state index in [1.165, 1.54) is 36.5 Å². The highest BCUT2D eigenvalue weighted by Gasteiger charge is 2.05. The number of hydrazone groups is 1. The highest BCUT2D eigenvalue weighted by Crippen LogP contribution is 2.17. The van der Waals surface area contributed by atoms with Gasteiger partial charge in [-0.2, -0.15) is 13.9 Å². The van der Waals surface area contributed by atoms with Crippen LogP contribution < -0.4 is 10.2 Å². The summed E-state index contributed by atoms with van der Waals surface area (Å²) in [5.41, 5.74) is 3.72. The van der Waals surface area contributed by atoms with E-state index in [9.17, 15) is 18.9 Å². The highest BCUT2D eigenvalue weighted by molar-refractivity contribution is 5.80. The zero-order valence-corrected chi connectivity index (χ0v) is 11.1. The largest absolute Gasteiger partial charge is 0.435 e. The molecule has 0 saturated carbocycles. The van der Waals surface area contributed by atoms with Gasteiger partial charge in [-0.25, -0.2) is 0 Å². The van der Waals surface area contributed by atoms with Gasteiger partial charge in [-0.15, -0.1) is 0 Å². The molecule has 2 aromatic carbocycles. The molecule has 0 aliphatic heterocycles. The lowest BCUT2D eigenvalue weighted by molar-refractivity contribution is -0.384. The standard InChI is InChI=1S/C14H11F2N3O3/c15-14(16)22-13-6-4-10(5-7-13)9-17-18-11-2-1-3-12(8-11)19(20)21/h1-9,14,18H. The van der Waals surface area contributed by atoms with Gasteiger partial charge in [0.05, 0.1) is 16.8 Å². The van der Waals surface area contributed by atoms with Crippen molar-refractivity contribution >= 4 is 17.6 Å². The van der Waals surface area contributed by atoms with Crippen molar-refractivity contribution in [2.24, 2.45) is 5.10 Å². The summed E-state index contributed by atoms with van der Waals surface area (Å²) in [6, 6.07) is 11.8. The molecule has 0 aliphatic rings. The summed E-state index contributed by atoms with van der Waals surface area (Å²) in [6.07, 6.45) is 1.45. The van der Waals surface area contributed by atoms with Crippen molar-refractivity contribution in [1.82, 2.24) is 0 Å². The van der Waals surface area contributed by atoms with Crippen LogP contribution in [0.4, 0.5) is 20.2 Å². The molecule has 1 N–H and O–H groups in total. The van der Waals surface area contributed by atoms with Crippen molar-refractivity contribution in [2.45, 2.75) is 6.61 Å². The van der Waals surface area contributed by atoms with Crippen molar-refractivity contribution in [3.63, 3.8) is 0 Å². The Morgan fingerprint density at radius 3 is 2.59 bits per heavy atom. The second kappa shape index (κ2) is 7.11. The first-order chi connectivity index (χ1) is 10.5. The fourth-order valence-electron chi connectivity index (χ4n) is 1.61. The lowest BCUT2D eigenvalue weighted by Crippen LogP contribution is -2.01. The molecule has 0 atom stereocenters. The van der Waals surface area contributed by atoms with Gasteiger partial charge in [-0.05, 0) is 35.9 Å². The van der Waals surface area contributed by atoms with Gasteiger partial charge in [-0.1, -0.05) is 6.07 Å². The van der Waals surface area contributed by atoms with Crippen LogP contribution in [-0.2, 0) is 0 Å². The zero-order chi connectivity index (χ0) is 15.9. The predicted molar refractivity (Wildman–Crippen MR) is 77.4 cm³/mol. The number of rotatable bonds is 6. The number of hydrogen-bond acceptors (Lipinski definition) is 5. The Bertz CT molecular complexity index is 675. The predicted octanol–water partition coefficient (Wildman–Crippen LogP) is 3.64. The van der Waals surface area contributed by atoms with E-state index in [1.807, 2.05) is 0 Å². The Kier molecular flexibility index (Phi) is 4.97. The number of ether oxygens (including phenoxy) is 1. The summed E-state index contributed by atoms with van der Waals surface area (Å²) < 4.78 is 28.2. The van der Waals surface area contributed by atoms with Crippen LogP contribution in [0.1, 0.15) is 5.56 Å². The van der Waals surface area contributed by atoms with Gasteiger partial charge in [0, 0.05) is 12.1 Å².